The molecule has 3 N–H and O–H groups in total. The van der Waals surface area contributed by atoms with Crippen molar-refractivity contribution in [2.45, 2.75) is 71.4 Å². The number of hydrogen-bond acceptors (Lipinski definition) is 5. The summed E-state index contributed by atoms with van der Waals surface area (Å²) in [5.74, 6) is 0.0697. The fourth-order valence-electron chi connectivity index (χ4n) is 5.12. The molecule has 0 atom stereocenters. The summed E-state index contributed by atoms with van der Waals surface area (Å²) in [7, 11) is 0. The summed E-state index contributed by atoms with van der Waals surface area (Å²) >= 11 is 0. The number of benzene rings is 1. The molecule has 0 bridgehead atoms. The second-order valence-electron chi connectivity index (χ2n) is 11.3. The zero-order chi connectivity index (χ0) is 25.6. The van der Waals surface area contributed by atoms with Crippen LogP contribution < -0.4 is 11.1 Å². The molecule has 1 aromatic carbocycles. The van der Waals surface area contributed by atoms with Crippen LogP contribution in [-0.4, -0.2) is 44.6 Å². The highest BCUT2D eigenvalue weighted by molar-refractivity contribution is 6.12. The van der Waals surface area contributed by atoms with Gasteiger partial charge in [0, 0.05) is 29.8 Å². The Labute approximate surface area is 212 Å². The van der Waals surface area contributed by atoms with Gasteiger partial charge in [0.15, 0.2) is 5.65 Å². The topological polar surface area (TPSA) is 106 Å². The third kappa shape index (κ3) is 5.00. The fourth-order valence-corrected chi connectivity index (χ4v) is 5.12. The van der Waals surface area contributed by atoms with Crippen molar-refractivity contribution in [3.8, 4) is 0 Å². The van der Waals surface area contributed by atoms with Gasteiger partial charge in [-0.15, -0.1) is 0 Å². The first-order valence-corrected chi connectivity index (χ1v) is 12.9. The first-order valence-electron chi connectivity index (χ1n) is 12.9. The number of carbonyl (C=O) groups is 2. The smallest absolute Gasteiger partial charge is 0.256 e. The molecule has 0 unspecified atom stereocenters. The van der Waals surface area contributed by atoms with Crippen molar-refractivity contribution in [2.24, 2.45) is 11.7 Å². The lowest BCUT2D eigenvalue weighted by Crippen LogP contribution is -2.38. The number of fused-ring (bicyclic) bond motifs is 1. The zero-order valence-electron chi connectivity index (χ0n) is 21.7. The van der Waals surface area contributed by atoms with E-state index < -0.39 is 0 Å². The summed E-state index contributed by atoms with van der Waals surface area (Å²) in [5, 5.41) is 8.72. The van der Waals surface area contributed by atoms with Crippen LogP contribution in [0.25, 0.3) is 11.0 Å². The number of anilines is 1. The van der Waals surface area contributed by atoms with E-state index in [1.165, 1.54) is 0 Å². The Balaban J connectivity index is 1.38. The maximum atomic E-state index is 13.6. The van der Waals surface area contributed by atoms with Crippen molar-refractivity contribution < 1.29 is 9.59 Å². The van der Waals surface area contributed by atoms with Crippen LogP contribution in [0.2, 0.25) is 0 Å². The van der Waals surface area contributed by atoms with Gasteiger partial charge in [-0.2, -0.15) is 5.10 Å². The van der Waals surface area contributed by atoms with Gasteiger partial charge >= 0.3 is 0 Å². The molecule has 8 heteroatoms. The summed E-state index contributed by atoms with van der Waals surface area (Å²) in [6, 6.07) is 9.96. The van der Waals surface area contributed by atoms with Gasteiger partial charge in [-0.1, -0.05) is 12.1 Å². The minimum Gasteiger partial charge on any atom is -0.369 e. The van der Waals surface area contributed by atoms with E-state index in [4.69, 9.17) is 15.8 Å². The van der Waals surface area contributed by atoms with E-state index in [0.29, 0.717) is 11.5 Å². The first-order chi connectivity index (χ1) is 17.1. The number of rotatable bonds is 6. The molecule has 0 radical (unpaired) electrons. The molecule has 1 saturated carbocycles. The van der Waals surface area contributed by atoms with Crippen molar-refractivity contribution in [1.82, 2.24) is 19.7 Å². The minimum atomic E-state index is -0.240. The highest BCUT2D eigenvalue weighted by atomic mass is 16.2. The quantitative estimate of drug-likeness (QED) is 0.537. The molecule has 3 aromatic rings. The zero-order valence-corrected chi connectivity index (χ0v) is 21.7. The van der Waals surface area contributed by atoms with Gasteiger partial charge in [-0.25, -0.2) is 9.67 Å². The number of aryl methyl sites for hydroxylation is 1. The second-order valence-corrected chi connectivity index (χ2v) is 11.3. The Hall–Kier alpha value is -3.26. The average Bonchev–Trinajstić information content (AvgIpc) is 3.62. The molecule has 1 saturated heterocycles. The van der Waals surface area contributed by atoms with E-state index in [2.05, 4.69) is 37.1 Å². The Morgan fingerprint density at radius 3 is 2.47 bits per heavy atom. The second kappa shape index (κ2) is 9.32. The van der Waals surface area contributed by atoms with Gasteiger partial charge in [0.2, 0.25) is 5.91 Å². The number of amides is 2. The van der Waals surface area contributed by atoms with Crippen LogP contribution in [0.4, 0.5) is 5.69 Å². The maximum Gasteiger partial charge on any atom is 0.256 e. The van der Waals surface area contributed by atoms with Crippen LogP contribution >= 0.6 is 0 Å². The lowest BCUT2D eigenvalue weighted by molar-refractivity contribution is -0.123. The van der Waals surface area contributed by atoms with E-state index in [0.717, 1.165) is 79.0 Å². The van der Waals surface area contributed by atoms with Crippen molar-refractivity contribution in [1.29, 1.82) is 0 Å². The lowest BCUT2D eigenvalue weighted by atomic mass is 9.96. The van der Waals surface area contributed by atoms with Gasteiger partial charge in [0.25, 0.3) is 5.91 Å². The number of nitrogens with one attached hydrogen (secondary N) is 1. The third-order valence-electron chi connectivity index (χ3n) is 7.29. The monoisotopic (exact) mass is 488 g/mol. The number of nitrogens with two attached hydrogens (primary N) is 1. The molecule has 2 amide bonds. The largest absolute Gasteiger partial charge is 0.369 e. The summed E-state index contributed by atoms with van der Waals surface area (Å²) in [4.78, 5) is 32.3. The predicted octanol–water partition coefficient (Wildman–Crippen LogP) is 4.32. The highest BCUT2D eigenvalue weighted by Crippen LogP contribution is 2.41. The fraction of sp³-hybridized carbons (Fsp3) is 0.500. The summed E-state index contributed by atoms with van der Waals surface area (Å²) in [5.41, 5.74) is 10.3. The SMILES string of the molecule is Cc1nn(C(C)(C)C)c2nc(C3CC3)cc(C(=O)Nc3cccc(CN4CCC(C(N)=O)CC4)c3)c12. The molecule has 8 nitrogen and oxygen atoms in total. The van der Waals surface area contributed by atoms with Crippen LogP contribution in [0, 0.1) is 12.8 Å². The summed E-state index contributed by atoms with van der Waals surface area (Å²) in [6.45, 7) is 10.7. The van der Waals surface area contributed by atoms with Crippen LogP contribution in [-0.2, 0) is 16.9 Å². The van der Waals surface area contributed by atoms with E-state index in [1.807, 2.05) is 35.9 Å². The van der Waals surface area contributed by atoms with Crippen LogP contribution in [0.15, 0.2) is 30.3 Å². The number of likely N-dealkylation sites (tertiary alicyclic amines) is 1. The molecule has 36 heavy (non-hydrogen) atoms. The molecular formula is C28H36N6O2. The van der Waals surface area contributed by atoms with Gasteiger partial charge < -0.3 is 11.1 Å². The minimum absolute atomic E-state index is 0.0179. The van der Waals surface area contributed by atoms with Crippen LogP contribution in [0.3, 0.4) is 0 Å². The molecule has 1 aliphatic heterocycles. The van der Waals surface area contributed by atoms with Crippen LogP contribution in [0.5, 0.6) is 0 Å². The maximum absolute atomic E-state index is 13.6. The van der Waals surface area contributed by atoms with E-state index in [-0.39, 0.29) is 23.3 Å². The van der Waals surface area contributed by atoms with E-state index in [1.54, 1.807) is 0 Å². The average molecular weight is 489 g/mol. The number of aromatic nitrogens is 3. The molecule has 3 heterocycles. The number of carbonyl (C=O) groups excluding carboxylic acids is 2. The molecular weight excluding hydrogens is 452 g/mol. The molecule has 2 fully saturated rings. The number of pyridine rings is 1. The molecule has 2 aromatic heterocycles. The van der Waals surface area contributed by atoms with Crippen molar-refractivity contribution >= 4 is 28.5 Å². The molecule has 2 aliphatic rings. The Kier molecular flexibility index (Phi) is 6.32. The summed E-state index contributed by atoms with van der Waals surface area (Å²) < 4.78 is 1.95. The van der Waals surface area contributed by atoms with Gasteiger partial charge in [-0.3, -0.25) is 14.5 Å². The van der Waals surface area contributed by atoms with Crippen molar-refractivity contribution in [3.63, 3.8) is 0 Å². The Bertz CT molecular complexity index is 1310. The molecule has 1 aliphatic carbocycles. The first kappa shape index (κ1) is 24.4. The van der Waals surface area contributed by atoms with Gasteiger partial charge in [0.05, 0.1) is 22.2 Å². The predicted molar refractivity (Wildman–Crippen MR) is 141 cm³/mol. The summed E-state index contributed by atoms with van der Waals surface area (Å²) in [6.07, 6.45) is 3.82. The Morgan fingerprint density at radius 1 is 1.11 bits per heavy atom. The lowest BCUT2D eigenvalue weighted by Gasteiger charge is -2.30. The number of hydrogen-bond donors (Lipinski definition) is 2. The van der Waals surface area contributed by atoms with Crippen molar-refractivity contribution in [2.75, 3.05) is 18.4 Å². The number of primary amides is 1. The van der Waals surface area contributed by atoms with Crippen molar-refractivity contribution in [3.05, 3.63) is 52.8 Å². The molecule has 0 spiro atoms. The van der Waals surface area contributed by atoms with Gasteiger partial charge in [0.1, 0.15) is 0 Å². The molecule has 5 rings (SSSR count). The Morgan fingerprint density at radius 2 is 1.83 bits per heavy atom. The number of piperidine rings is 1. The molecule has 190 valence electrons. The van der Waals surface area contributed by atoms with Crippen LogP contribution in [0.1, 0.15) is 79.7 Å². The third-order valence-corrected chi connectivity index (χ3v) is 7.29. The standard InChI is InChI=1S/C28H36N6O2/c1-17-24-22(15-23(19-8-9-19)31-26(24)34(32-17)28(2,3)4)27(36)30-21-7-5-6-18(14-21)16-33-12-10-20(11-13-33)25(29)35/h5-7,14-15,19-20H,8-13,16H2,1-4H3,(H2,29,35)(H,30,36). The number of nitrogens with zero attached hydrogens (tertiary/aromatic N) is 4. The van der Waals surface area contributed by atoms with E-state index >= 15 is 0 Å². The van der Waals surface area contributed by atoms with Gasteiger partial charge in [-0.05, 0) is 90.2 Å². The van der Waals surface area contributed by atoms with E-state index in [9.17, 15) is 9.59 Å². The normalized spacial score (nSPS) is 17.4. The highest BCUT2D eigenvalue weighted by Gasteiger charge is 2.30.